The predicted molar refractivity (Wildman–Crippen MR) is 78.3 cm³/mol. The van der Waals surface area contributed by atoms with Crippen LogP contribution in [0.15, 0.2) is 22.7 Å². The molecule has 6 nitrogen and oxygen atoms in total. The zero-order valence-electron chi connectivity index (χ0n) is 11.5. The lowest BCUT2D eigenvalue weighted by molar-refractivity contribution is -0.130. The second kappa shape index (κ2) is 7.86. The minimum atomic E-state index is -0.523. The normalized spacial score (nSPS) is 11.6. The largest absolute Gasteiger partial charge is 0.465 e. The number of carbonyl (C=O) groups is 2. The van der Waals surface area contributed by atoms with Crippen LogP contribution < -0.4 is 10.9 Å². The van der Waals surface area contributed by atoms with Crippen LogP contribution in [0.5, 0.6) is 0 Å². The summed E-state index contributed by atoms with van der Waals surface area (Å²) in [7, 11) is 2.78. The number of rotatable bonds is 6. The highest BCUT2D eigenvalue weighted by Crippen LogP contribution is 2.23. The number of ether oxygens (including phenoxy) is 2. The van der Waals surface area contributed by atoms with Gasteiger partial charge < -0.3 is 9.47 Å². The molecule has 0 unspecified atom stereocenters. The third kappa shape index (κ3) is 4.21. The Balaban J connectivity index is 2.77. The molecule has 0 aliphatic rings. The SMILES string of the molecule is CC[C@H](OC)C(=O)NNc1cc(C(=O)OC)ccc1Br. The number of hydrogen-bond donors (Lipinski definition) is 2. The molecule has 1 aromatic carbocycles. The highest BCUT2D eigenvalue weighted by Gasteiger charge is 2.15. The smallest absolute Gasteiger partial charge is 0.337 e. The van der Waals surface area contributed by atoms with E-state index < -0.39 is 12.1 Å². The molecule has 2 N–H and O–H groups in total. The molecule has 20 heavy (non-hydrogen) atoms. The number of halogens is 1. The van der Waals surface area contributed by atoms with E-state index >= 15 is 0 Å². The number of anilines is 1. The van der Waals surface area contributed by atoms with E-state index in [4.69, 9.17) is 4.74 Å². The van der Waals surface area contributed by atoms with Crippen LogP contribution in [-0.2, 0) is 14.3 Å². The molecule has 0 aliphatic carbocycles. The fourth-order valence-corrected chi connectivity index (χ4v) is 1.88. The molecule has 1 aromatic rings. The van der Waals surface area contributed by atoms with Crippen molar-refractivity contribution in [2.24, 2.45) is 0 Å². The van der Waals surface area contributed by atoms with Crippen LogP contribution in [-0.4, -0.2) is 32.2 Å². The zero-order chi connectivity index (χ0) is 15.1. The standard InChI is InChI=1S/C13H17BrN2O4/c1-4-11(19-2)12(17)16-15-10-7-8(13(18)20-3)5-6-9(10)14/h5-7,11,15H,4H2,1-3H3,(H,16,17)/t11-/m0/s1. The number of esters is 1. The molecule has 7 heteroatoms. The van der Waals surface area contributed by atoms with Gasteiger partial charge in [0.15, 0.2) is 0 Å². The Hall–Kier alpha value is -1.60. The molecule has 0 aromatic heterocycles. The zero-order valence-corrected chi connectivity index (χ0v) is 13.1. The van der Waals surface area contributed by atoms with Crippen molar-refractivity contribution in [3.8, 4) is 0 Å². The molecule has 110 valence electrons. The van der Waals surface area contributed by atoms with Gasteiger partial charge in [0, 0.05) is 11.6 Å². The number of benzene rings is 1. The van der Waals surface area contributed by atoms with E-state index in [0.717, 1.165) is 0 Å². The molecular formula is C13H17BrN2O4. The van der Waals surface area contributed by atoms with Gasteiger partial charge in [-0.15, -0.1) is 0 Å². The van der Waals surface area contributed by atoms with Crippen molar-refractivity contribution in [1.82, 2.24) is 5.43 Å². The topological polar surface area (TPSA) is 76.7 Å². The fourth-order valence-electron chi connectivity index (χ4n) is 1.53. The third-order valence-corrected chi connectivity index (χ3v) is 3.35. The van der Waals surface area contributed by atoms with Gasteiger partial charge in [0.1, 0.15) is 6.10 Å². The Morgan fingerprint density at radius 2 is 2.05 bits per heavy atom. The van der Waals surface area contributed by atoms with Gasteiger partial charge in [-0.1, -0.05) is 6.92 Å². The van der Waals surface area contributed by atoms with Gasteiger partial charge in [0.05, 0.1) is 18.4 Å². The first-order valence-corrected chi connectivity index (χ1v) is 6.79. The Kier molecular flexibility index (Phi) is 6.47. The summed E-state index contributed by atoms with van der Waals surface area (Å²) in [6.45, 7) is 1.85. The van der Waals surface area contributed by atoms with E-state index in [0.29, 0.717) is 22.1 Å². The van der Waals surface area contributed by atoms with Crippen molar-refractivity contribution < 1.29 is 19.1 Å². The van der Waals surface area contributed by atoms with Crippen molar-refractivity contribution in [2.45, 2.75) is 19.4 Å². The maximum atomic E-state index is 11.8. The molecular weight excluding hydrogens is 328 g/mol. The third-order valence-electron chi connectivity index (χ3n) is 2.66. The quantitative estimate of drug-likeness (QED) is 0.610. The van der Waals surface area contributed by atoms with Crippen LogP contribution in [0.4, 0.5) is 5.69 Å². The molecule has 0 bridgehead atoms. The molecule has 0 spiro atoms. The van der Waals surface area contributed by atoms with Gasteiger partial charge in [0.25, 0.3) is 5.91 Å². The van der Waals surface area contributed by atoms with E-state index in [1.165, 1.54) is 14.2 Å². The van der Waals surface area contributed by atoms with Gasteiger partial charge >= 0.3 is 5.97 Å². The van der Waals surface area contributed by atoms with Gasteiger partial charge in [0.2, 0.25) is 0 Å². The van der Waals surface area contributed by atoms with E-state index in [9.17, 15) is 9.59 Å². The van der Waals surface area contributed by atoms with Crippen molar-refractivity contribution in [1.29, 1.82) is 0 Å². The lowest BCUT2D eigenvalue weighted by Crippen LogP contribution is -2.39. The van der Waals surface area contributed by atoms with Gasteiger partial charge in [-0.25, -0.2) is 4.79 Å². The number of hydrogen-bond acceptors (Lipinski definition) is 5. The minimum Gasteiger partial charge on any atom is -0.465 e. The molecule has 0 saturated carbocycles. The van der Waals surface area contributed by atoms with Gasteiger partial charge in [-0.3, -0.25) is 15.6 Å². The Labute approximate surface area is 125 Å². The summed E-state index contributed by atoms with van der Waals surface area (Å²) in [5.41, 5.74) is 6.21. The first-order valence-electron chi connectivity index (χ1n) is 6.00. The molecule has 0 fully saturated rings. The molecule has 1 amide bonds. The average Bonchev–Trinajstić information content (AvgIpc) is 2.46. The highest BCUT2D eigenvalue weighted by atomic mass is 79.9. The molecule has 0 radical (unpaired) electrons. The second-order valence-corrected chi connectivity index (χ2v) is 4.79. The first kappa shape index (κ1) is 16.5. The van der Waals surface area contributed by atoms with Crippen LogP contribution in [0.25, 0.3) is 0 Å². The molecule has 1 atom stereocenters. The lowest BCUT2D eigenvalue weighted by Gasteiger charge is -2.15. The monoisotopic (exact) mass is 344 g/mol. The van der Waals surface area contributed by atoms with Crippen LogP contribution in [0, 0.1) is 0 Å². The molecule has 0 saturated heterocycles. The molecule has 1 rings (SSSR count). The van der Waals surface area contributed by atoms with E-state index in [2.05, 4.69) is 31.5 Å². The summed E-state index contributed by atoms with van der Waals surface area (Å²) in [5.74, 6) is -0.736. The highest BCUT2D eigenvalue weighted by molar-refractivity contribution is 9.10. The summed E-state index contributed by atoms with van der Waals surface area (Å²) in [4.78, 5) is 23.2. The number of carbonyl (C=O) groups excluding carboxylic acids is 2. The summed E-state index contributed by atoms with van der Waals surface area (Å²) >= 11 is 3.33. The summed E-state index contributed by atoms with van der Waals surface area (Å²) < 4.78 is 10.4. The van der Waals surface area contributed by atoms with Crippen LogP contribution in [0.2, 0.25) is 0 Å². The lowest BCUT2D eigenvalue weighted by atomic mass is 10.2. The van der Waals surface area contributed by atoms with Crippen molar-refractivity contribution in [3.05, 3.63) is 28.2 Å². The minimum absolute atomic E-state index is 0.287. The Morgan fingerprint density at radius 3 is 2.60 bits per heavy atom. The van der Waals surface area contributed by atoms with Crippen molar-refractivity contribution >= 4 is 33.5 Å². The first-order chi connectivity index (χ1) is 9.53. The Morgan fingerprint density at radius 1 is 1.35 bits per heavy atom. The molecule has 0 aliphatic heterocycles. The van der Waals surface area contributed by atoms with Crippen LogP contribution in [0.3, 0.4) is 0 Å². The van der Waals surface area contributed by atoms with Crippen LogP contribution >= 0.6 is 15.9 Å². The maximum Gasteiger partial charge on any atom is 0.337 e. The van der Waals surface area contributed by atoms with Crippen LogP contribution in [0.1, 0.15) is 23.7 Å². The van der Waals surface area contributed by atoms with Gasteiger partial charge in [-0.05, 0) is 40.5 Å². The number of methoxy groups -OCH3 is 2. The fraction of sp³-hybridized carbons (Fsp3) is 0.385. The summed E-state index contributed by atoms with van der Waals surface area (Å²) in [6, 6.07) is 4.88. The second-order valence-electron chi connectivity index (χ2n) is 3.93. The summed E-state index contributed by atoms with van der Waals surface area (Å²) in [5, 5.41) is 0. The van der Waals surface area contributed by atoms with Crippen molar-refractivity contribution in [2.75, 3.05) is 19.6 Å². The molecule has 0 heterocycles. The van der Waals surface area contributed by atoms with Crippen molar-refractivity contribution in [3.63, 3.8) is 0 Å². The summed E-state index contributed by atoms with van der Waals surface area (Å²) in [6.07, 6.45) is 0.0398. The number of nitrogens with one attached hydrogen (secondary N) is 2. The maximum absolute atomic E-state index is 11.8. The predicted octanol–water partition coefficient (Wildman–Crippen LogP) is 2.10. The van der Waals surface area contributed by atoms with E-state index in [1.807, 2.05) is 6.92 Å². The average molecular weight is 345 g/mol. The van der Waals surface area contributed by atoms with E-state index in [-0.39, 0.29) is 5.91 Å². The van der Waals surface area contributed by atoms with Gasteiger partial charge in [-0.2, -0.15) is 0 Å². The van der Waals surface area contributed by atoms with E-state index in [1.54, 1.807) is 18.2 Å². The number of amides is 1. The number of hydrazine groups is 1. The Bertz CT molecular complexity index is 489.